The fourth-order valence-electron chi connectivity index (χ4n) is 1.63. The molecule has 0 rings (SSSR count). The van der Waals surface area contributed by atoms with Gasteiger partial charge in [-0.15, -0.1) is 0 Å². The van der Waals surface area contributed by atoms with E-state index < -0.39 is 8.32 Å². The minimum atomic E-state index is -1.57. The van der Waals surface area contributed by atoms with Crippen molar-refractivity contribution < 1.29 is 13.9 Å². The van der Waals surface area contributed by atoms with Crippen LogP contribution in [0.3, 0.4) is 0 Å². The summed E-state index contributed by atoms with van der Waals surface area (Å²) in [6, 6.07) is 3.31. The molecule has 0 aromatic carbocycles. The summed E-state index contributed by atoms with van der Waals surface area (Å²) in [5, 5.41) is 0. The van der Waals surface area contributed by atoms with Gasteiger partial charge in [0, 0.05) is 33.5 Å². The van der Waals surface area contributed by atoms with E-state index in [9.17, 15) is 0 Å². The van der Waals surface area contributed by atoms with Crippen molar-refractivity contribution in [1.29, 1.82) is 0 Å². The molecule has 0 aliphatic carbocycles. The third-order valence-corrected chi connectivity index (χ3v) is 7.28. The Morgan fingerprint density at radius 2 is 1.33 bits per heavy atom. The first-order chi connectivity index (χ1) is 7.24. The molecular formula is C11H26O3Si. The van der Waals surface area contributed by atoms with Crippen LogP contribution in [0, 0.1) is 0 Å². The van der Waals surface area contributed by atoms with Crippen LogP contribution in [0.2, 0.25) is 18.1 Å². The second kappa shape index (κ2) is 9.33. The largest absolute Gasteiger partial charge is 0.420 e. The zero-order valence-corrected chi connectivity index (χ0v) is 11.7. The molecule has 0 amide bonds. The van der Waals surface area contributed by atoms with Gasteiger partial charge in [-0.25, -0.2) is 0 Å². The molecule has 0 unspecified atom stereocenters. The average Bonchev–Trinajstić information content (AvgIpc) is 2.28. The number of hydrogen-bond acceptors (Lipinski definition) is 3. The van der Waals surface area contributed by atoms with Crippen LogP contribution in [0.15, 0.2) is 0 Å². The summed E-state index contributed by atoms with van der Waals surface area (Å²) in [5.74, 6) is 0. The van der Waals surface area contributed by atoms with Crippen LogP contribution in [-0.4, -0.2) is 41.9 Å². The third kappa shape index (κ3) is 6.30. The lowest BCUT2D eigenvalue weighted by molar-refractivity contribution is 0.149. The predicted molar refractivity (Wildman–Crippen MR) is 65.8 cm³/mol. The van der Waals surface area contributed by atoms with E-state index in [0.717, 1.165) is 44.6 Å². The third-order valence-electron chi connectivity index (χ3n) is 2.89. The highest BCUT2D eigenvalue weighted by Gasteiger charge is 2.31. The Morgan fingerprint density at radius 3 is 1.60 bits per heavy atom. The highest BCUT2D eigenvalue weighted by Crippen LogP contribution is 2.21. The predicted octanol–water partition coefficient (Wildman–Crippen LogP) is 2.67. The highest BCUT2D eigenvalue weighted by molar-refractivity contribution is 6.73. The van der Waals surface area contributed by atoms with E-state index >= 15 is 0 Å². The van der Waals surface area contributed by atoms with Crippen LogP contribution in [0.5, 0.6) is 0 Å². The van der Waals surface area contributed by atoms with E-state index in [4.69, 9.17) is 13.9 Å². The van der Waals surface area contributed by atoms with Crippen LogP contribution in [0.4, 0.5) is 0 Å². The molecule has 0 radical (unpaired) electrons. The minimum absolute atomic E-state index is 0.795. The first-order valence-electron chi connectivity index (χ1n) is 5.95. The summed E-state index contributed by atoms with van der Waals surface area (Å²) < 4.78 is 16.6. The zero-order chi connectivity index (χ0) is 11.6. The van der Waals surface area contributed by atoms with Crippen LogP contribution in [0.25, 0.3) is 0 Å². The van der Waals surface area contributed by atoms with Crippen molar-refractivity contribution in [2.24, 2.45) is 0 Å². The molecule has 15 heavy (non-hydrogen) atoms. The normalized spacial score (nSPS) is 12.0. The van der Waals surface area contributed by atoms with Crippen molar-refractivity contribution >= 4 is 8.32 Å². The topological polar surface area (TPSA) is 27.7 Å². The van der Waals surface area contributed by atoms with Gasteiger partial charge in [-0.3, -0.25) is 0 Å². The van der Waals surface area contributed by atoms with Gasteiger partial charge in [0.1, 0.15) is 0 Å². The molecule has 3 nitrogen and oxygen atoms in total. The number of ether oxygens (including phenoxy) is 2. The van der Waals surface area contributed by atoms with Crippen LogP contribution < -0.4 is 0 Å². The van der Waals surface area contributed by atoms with Gasteiger partial charge in [-0.1, -0.05) is 6.92 Å². The first-order valence-corrected chi connectivity index (χ1v) is 8.48. The second-order valence-corrected chi connectivity index (χ2v) is 8.12. The SMILES string of the molecule is CCOCC[Si](CC)(CCOCC)OC. The molecule has 0 atom stereocenters. The molecule has 0 aliphatic heterocycles. The maximum absolute atomic E-state index is 5.76. The molecule has 0 spiro atoms. The van der Waals surface area contributed by atoms with Crippen molar-refractivity contribution in [3.63, 3.8) is 0 Å². The van der Waals surface area contributed by atoms with Gasteiger partial charge in [0.25, 0.3) is 0 Å². The van der Waals surface area contributed by atoms with Crippen molar-refractivity contribution in [3.8, 4) is 0 Å². The van der Waals surface area contributed by atoms with Crippen molar-refractivity contribution in [1.82, 2.24) is 0 Å². The Hall–Kier alpha value is 0.0969. The van der Waals surface area contributed by atoms with Crippen LogP contribution in [0.1, 0.15) is 20.8 Å². The summed E-state index contributed by atoms with van der Waals surface area (Å²) in [6.07, 6.45) is 0. The summed E-state index contributed by atoms with van der Waals surface area (Å²) in [4.78, 5) is 0. The monoisotopic (exact) mass is 234 g/mol. The maximum atomic E-state index is 5.76. The van der Waals surface area contributed by atoms with E-state index in [1.54, 1.807) is 0 Å². The fourth-order valence-corrected chi connectivity index (χ4v) is 4.32. The Morgan fingerprint density at radius 1 is 0.867 bits per heavy atom. The van der Waals surface area contributed by atoms with E-state index in [0.29, 0.717) is 0 Å². The van der Waals surface area contributed by atoms with E-state index in [1.807, 2.05) is 21.0 Å². The van der Waals surface area contributed by atoms with E-state index in [-0.39, 0.29) is 0 Å². The van der Waals surface area contributed by atoms with Gasteiger partial charge < -0.3 is 13.9 Å². The van der Waals surface area contributed by atoms with E-state index in [1.165, 1.54) is 0 Å². The van der Waals surface area contributed by atoms with E-state index in [2.05, 4.69) is 6.92 Å². The summed E-state index contributed by atoms with van der Waals surface area (Å²) in [5.41, 5.74) is 0. The lowest BCUT2D eigenvalue weighted by Crippen LogP contribution is -2.38. The van der Waals surface area contributed by atoms with Crippen LogP contribution in [-0.2, 0) is 13.9 Å². The van der Waals surface area contributed by atoms with Gasteiger partial charge in [-0.2, -0.15) is 0 Å². The molecule has 0 N–H and O–H groups in total. The Bertz CT molecular complexity index is 126. The lowest BCUT2D eigenvalue weighted by atomic mass is 10.8. The van der Waals surface area contributed by atoms with Crippen molar-refractivity contribution in [3.05, 3.63) is 0 Å². The Labute approximate surface area is 95.2 Å². The van der Waals surface area contributed by atoms with Crippen molar-refractivity contribution in [2.75, 3.05) is 33.5 Å². The molecule has 4 heteroatoms. The molecule has 0 aromatic rings. The second-order valence-electron chi connectivity index (χ2n) is 3.63. The molecular weight excluding hydrogens is 208 g/mol. The summed E-state index contributed by atoms with van der Waals surface area (Å²) >= 11 is 0. The highest BCUT2D eigenvalue weighted by atomic mass is 28.4. The lowest BCUT2D eigenvalue weighted by Gasteiger charge is -2.28. The quantitative estimate of drug-likeness (QED) is 0.430. The van der Waals surface area contributed by atoms with Gasteiger partial charge in [0.05, 0.1) is 0 Å². The summed E-state index contributed by atoms with van der Waals surface area (Å²) in [7, 11) is 0.273. The molecule has 0 saturated carbocycles. The first kappa shape index (κ1) is 15.1. The van der Waals surface area contributed by atoms with Crippen molar-refractivity contribution in [2.45, 2.75) is 38.9 Å². The number of hydrogen-bond donors (Lipinski definition) is 0. The summed E-state index contributed by atoms with van der Waals surface area (Å²) in [6.45, 7) is 9.53. The maximum Gasteiger partial charge on any atom is 0.196 e. The molecule has 0 heterocycles. The van der Waals surface area contributed by atoms with Gasteiger partial charge in [0.15, 0.2) is 8.32 Å². The molecule has 0 bridgehead atoms. The molecule has 0 aromatic heterocycles. The molecule has 0 aliphatic rings. The van der Waals surface area contributed by atoms with Gasteiger partial charge >= 0.3 is 0 Å². The minimum Gasteiger partial charge on any atom is -0.420 e. The van der Waals surface area contributed by atoms with Gasteiger partial charge in [-0.05, 0) is 32.0 Å². The Balaban J connectivity index is 3.93. The molecule has 0 fully saturated rings. The Kier molecular flexibility index (Phi) is 9.39. The fraction of sp³-hybridized carbons (Fsp3) is 1.00. The average molecular weight is 234 g/mol. The molecule has 92 valence electrons. The van der Waals surface area contributed by atoms with Crippen LogP contribution >= 0.6 is 0 Å². The standard InChI is InChI=1S/C11H26O3Si/c1-5-13-8-10-15(7-3,12-4)11-9-14-6-2/h5-11H2,1-4H3. The molecule has 0 saturated heterocycles. The zero-order valence-electron chi connectivity index (χ0n) is 10.7. The number of rotatable bonds is 10. The van der Waals surface area contributed by atoms with Gasteiger partial charge in [0.2, 0.25) is 0 Å². The smallest absolute Gasteiger partial charge is 0.196 e.